The third-order valence-electron chi connectivity index (χ3n) is 5.27. The maximum atomic E-state index is 12.7. The summed E-state index contributed by atoms with van der Waals surface area (Å²) in [5, 5.41) is 15.4. The van der Waals surface area contributed by atoms with Gasteiger partial charge in [0.1, 0.15) is 0 Å². The van der Waals surface area contributed by atoms with E-state index >= 15 is 0 Å². The number of likely N-dealkylation sites (tertiary alicyclic amines) is 1. The van der Waals surface area contributed by atoms with E-state index in [-0.39, 0.29) is 11.8 Å². The summed E-state index contributed by atoms with van der Waals surface area (Å²) in [6, 6.07) is 9.85. The van der Waals surface area contributed by atoms with Crippen molar-refractivity contribution in [2.75, 3.05) is 18.4 Å². The first-order valence-electron chi connectivity index (χ1n) is 9.94. The summed E-state index contributed by atoms with van der Waals surface area (Å²) in [5.41, 5.74) is 3.87. The van der Waals surface area contributed by atoms with Crippen LogP contribution in [0, 0.1) is 26.7 Å². The van der Waals surface area contributed by atoms with Gasteiger partial charge in [-0.3, -0.25) is 9.69 Å². The van der Waals surface area contributed by atoms with Crippen LogP contribution in [0.15, 0.2) is 34.7 Å². The molecule has 0 radical (unpaired) electrons. The number of rotatable bonds is 5. The first-order chi connectivity index (χ1) is 14.0. The SMILES string of the molecule is Cc1cc(C)n(-c2ccc(NC(=O)C3CCN(Cc4nnc(C)o4)CC3)cc2)n1. The Morgan fingerprint density at radius 3 is 2.45 bits per heavy atom. The van der Waals surface area contributed by atoms with Gasteiger partial charge in [-0.2, -0.15) is 5.10 Å². The van der Waals surface area contributed by atoms with E-state index in [0.29, 0.717) is 18.3 Å². The minimum Gasteiger partial charge on any atom is -0.424 e. The molecule has 0 saturated carbocycles. The molecular formula is C21H26N6O2. The van der Waals surface area contributed by atoms with E-state index in [0.717, 1.165) is 48.7 Å². The molecule has 0 atom stereocenters. The van der Waals surface area contributed by atoms with Crippen LogP contribution in [0.2, 0.25) is 0 Å². The standard InChI is InChI=1S/C21H26N6O2/c1-14-12-15(2)27(25-14)19-6-4-18(5-7-19)22-21(28)17-8-10-26(11-9-17)13-20-24-23-16(3)29-20/h4-7,12,17H,8-11,13H2,1-3H3,(H,22,28). The van der Waals surface area contributed by atoms with Gasteiger partial charge in [-0.15, -0.1) is 10.2 Å². The Morgan fingerprint density at radius 2 is 1.86 bits per heavy atom. The van der Waals surface area contributed by atoms with E-state index in [9.17, 15) is 4.79 Å². The number of hydrogen-bond donors (Lipinski definition) is 1. The second-order valence-corrected chi connectivity index (χ2v) is 7.64. The number of nitrogens with zero attached hydrogens (tertiary/aromatic N) is 5. The monoisotopic (exact) mass is 394 g/mol. The minimum absolute atomic E-state index is 0.0198. The summed E-state index contributed by atoms with van der Waals surface area (Å²) in [7, 11) is 0. The molecule has 152 valence electrons. The molecular weight excluding hydrogens is 368 g/mol. The Balaban J connectivity index is 1.30. The molecule has 8 nitrogen and oxygen atoms in total. The number of aromatic nitrogens is 4. The van der Waals surface area contributed by atoms with Crippen molar-refractivity contribution in [3.8, 4) is 5.69 Å². The molecule has 1 aromatic carbocycles. The van der Waals surface area contributed by atoms with Gasteiger partial charge in [0.2, 0.25) is 17.7 Å². The van der Waals surface area contributed by atoms with Gasteiger partial charge in [0.25, 0.3) is 0 Å². The van der Waals surface area contributed by atoms with E-state index in [1.807, 2.05) is 48.9 Å². The summed E-state index contributed by atoms with van der Waals surface area (Å²) < 4.78 is 7.34. The number of carbonyl (C=O) groups excluding carboxylic acids is 1. The Hall–Kier alpha value is -3.00. The van der Waals surface area contributed by atoms with Gasteiger partial charge in [-0.1, -0.05) is 0 Å². The highest BCUT2D eigenvalue weighted by atomic mass is 16.4. The number of piperidine rings is 1. The Bertz CT molecular complexity index is 983. The smallest absolute Gasteiger partial charge is 0.230 e. The lowest BCUT2D eigenvalue weighted by molar-refractivity contribution is -0.121. The largest absolute Gasteiger partial charge is 0.424 e. The van der Waals surface area contributed by atoms with E-state index in [1.165, 1.54) is 0 Å². The highest BCUT2D eigenvalue weighted by Crippen LogP contribution is 2.22. The predicted molar refractivity (Wildman–Crippen MR) is 109 cm³/mol. The molecule has 8 heteroatoms. The van der Waals surface area contributed by atoms with E-state index in [2.05, 4.69) is 25.5 Å². The lowest BCUT2D eigenvalue weighted by atomic mass is 9.96. The van der Waals surface area contributed by atoms with Crippen LogP contribution >= 0.6 is 0 Å². The Labute approximate surface area is 169 Å². The zero-order valence-corrected chi connectivity index (χ0v) is 17.1. The molecule has 0 bridgehead atoms. The van der Waals surface area contributed by atoms with Crippen LogP contribution in [0.1, 0.15) is 36.0 Å². The second-order valence-electron chi connectivity index (χ2n) is 7.64. The average Bonchev–Trinajstić information content (AvgIpc) is 3.27. The van der Waals surface area contributed by atoms with E-state index in [4.69, 9.17) is 4.42 Å². The van der Waals surface area contributed by atoms with Crippen LogP contribution in [-0.2, 0) is 11.3 Å². The molecule has 1 aliphatic heterocycles. The normalized spacial score (nSPS) is 15.6. The van der Waals surface area contributed by atoms with Crippen LogP contribution in [0.5, 0.6) is 0 Å². The number of benzene rings is 1. The Kier molecular flexibility index (Phi) is 5.44. The van der Waals surface area contributed by atoms with Gasteiger partial charge in [-0.05, 0) is 70.1 Å². The van der Waals surface area contributed by atoms with Gasteiger partial charge >= 0.3 is 0 Å². The van der Waals surface area contributed by atoms with Crippen molar-refractivity contribution >= 4 is 11.6 Å². The van der Waals surface area contributed by atoms with E-state index < -0.39 is 0 Å². The number of aryl methyl sites for hydroxylation is 3. The average molecular weight is 394 g/mol. The number of anilines is 1. The number of amides is 1. The highest BCUT2D eigenvalue weighted by molar-refractivity contribution is 5.92. The molecule has 29 heavy (non-hydrogen) atoms. The third-order valence-corrected chi connectivity index (χ3v) is 5.27. The van der Waals surface area contributed by atoms with E-state index in [1.54, 1.807) is 6.92 Å². The van der Waals surface area contributed by atoms with Crippen molar-refractivity contribution in [3.63, 3.8) is 0 Å². The van der Waals surface area contributed by atoms with Crippen molar-refractivity contribution in [2.24, 2.45) is 5.92 Å². The topological polar surface area (TPSA) is 89.1 Å². The van der Waals surface area contributed by atoms with Gasteiger partial charge in [0.05, 0.1) is 17.9 Å². The molecule has 0 spiro atoms. The van der Waals surface area contributed by atoms with Crippen LogP contribution in [-0.4, -0.2) is 43.9 Å². The van der Waals surface area contributed by atoms with Gasteiger partial charge < -0.3 is 9.73 Å². The number of carbonyl (C=O) groups is 1. The summed E-state index contributed by atoms with van der Waals surface area (Å²) in [5.74, 6) is 1.31. The molecule has 1 aliphatic rings. The summed E-state index contributed by atoms with van der Waals surface area (Å²) >= 11 is 0. The van der Waals surface area contributed by atoms with Gasteiger partial charge in [0.15, 0.2) is 0 Å². The van der Waals surface area contributed by atoms with Crippen molar-refractivity contribution in [1.29, 1.82) is 0 Å². The fourth-order valence-electron chi connectivity index (χ4n) is 3.77. The zero-order valence-electron chi connectivity index (χ0n) is 17.1. The van der Waals surface area contributed by atoms with Crippen molar-refractivity contribution in [1.82, 2.24) is 24.9 Å². The molecule has 1 saturated heterocycles. The predicted octanol–water partition coefficient (Wildman–Crippen LogP) is 3.03. The number of hydrogen-bond acceptors (Lipinski definition) is 6. The lowest BCUT2D eigenvalue weighted by Crippen LogP contribution is -2.37. The molecule has 1 fully saturated rings. The molecule has 1 amide bonds. The molecule has 3 heterocycles. The molecule has 1 N–H and O–H groups in total. The molecule has 0 unspecified atom stereocenters. The minimum atomic E-state index is 0.0198. The lowest BCUT2D eigenvalue weighted by Gasteiger charge is -2.30. The highest BCUT2D eigenvalue weighted by Gasteiger charge is 2.26. The first-order valence-corrected chi connectivity index (χ1v) is 9.94. The zero-order chi connectivity index (χ0) is 20.4. The van der Waals surface area contributed by atoms with Crippen LogP contribution in [0.4, 0.5) is 5.69 Å². The van der Waals surface area contributed by atoms with Crippen molar-refractivity contribution in [3.05, 3.63) is 53.5 Å². The van der Waals surface area contributed by atoms with Crippen molar-refractivity contribution in [2.45, 2.75) is 40.2 Å². The third kappa shape index (κ3) is 4.54. The molecule has 2 aromatic heterocycles. The number of nitrogens with one attached hydrogen (secondary N) is 1. The summed E-state index contributed by atoms with van der Waals surface area (Å²) in [6.07, 6.45) is 1.64. The van der Waals surface area contributed by atoms with Crippen LogP contribution in [0.3, 0.4) is 0 Å². The fraction of sp³-hybridized carbons (Fsp3) is 0.429. The second kappa shape index (κ2) is 8.16. The quantitative estimate of drug-likeness (QED) is 0.715. The molecule has 0 aliphatic carbocycles. The van der Waals surface area contributed by atoms with Gasteiger partial charge in [-0.25, -0.2) is 4.68 Å². The molecule has 4 rings (SSSR count). The van der Waals surface area contributed by atoms with Crippen LogP contribution in [0.25, 0.3) is 5.69 Å². The molecule has 3 aromatic rings. The maximum absolute atomic E-state index is 12.7. The first kappa shape index (κ1) is 19.3. The fourth-order valence-corrected chi connectivity index (χ4v) is 3.77. The van der Waals surface area contributed by atoms with Gasteiger partial charge in [0, 0.05) is 24.2 Å². The Morgan fingerprint density at radius 1 is 1.14 bits per heavy atom. The van der Waals surface area contributed by atoms with Crippen LogP contribution < -0.4 is 5.32 Å². The summed E-state index contributed by atoms with van der Waals surface area (Å²) in [6.45, 7) is 8.13. The summed E-state index contributed by atoms with van der Waals surface area (Å²) in [4.78, 5) is 14.9. The maximum Gasteiger partial charge on any atom is 0.230 e. The van der Waals surface area contributed by atoms with Crippen molar-refractivity contribution < 1.29 is 9.21 Å².